The lowest BCUT2D eigenvalue weighted by atomic mass is 10.2. The molecule has 0 radical (unpaired) electrons. The van der Waals surface area contributed by atoms with Crippen LogP contribution in [0.1, 0.15) is 23.4 Å². The fraction of sp³-hybridized carbons (Fsp3) is 0.208. The van der Waals surface area contributed by atoms with Gasteiger partial charge in [0.1, 0.15) is 11.2 Å². The summed E-state index contributed by atoms with van der Waals surface area (Å²) in [5.74, 6) is 0.332. The van der Waals surface area contributed by atoms with Crippen LogP contribution in [0.25, 0.3) is 26.9 Å². The summed E-state index contributed by atoms with van der Waals surface area (Å²) in [6.45, 7) is 5.99. The van der Waals surface area contributed by atoms with Gasteiger partial charge in [0.2, 0.25) is 5.91 Å². The zero-order valence-corrected chi connectivity index (χ0v) is 19.3. The summed E-state index contributed by atoms with van der Waals surface area (Å²) >= 11 is 1.44. The molecule has 1 N–H and O–H groups in total. The number of nitrogens with zero attached hydrogens (tertiary/aromatic N) is 5. The third-order valence-corrected chi connectivity index (χ3v) is 6.52. The Morgan fingerprint density at radius 1 is 1.06 bits per heavy atom. The molecule has 2 aromatic carbocycles. The van der Waals surface area contributed by atoms with Crippen LogP contribution in [0.5, 0.6) is 0 Å². The van der Waals surface area contributed by atoms with Crippen LogP contribution in [0.4, 0.5) is 5.13 Å². The van der Waals surface area contributed by atoms with Gasteiger partial charge in [-0.05, 0) is 44.5 Å². The number of carbonyl (C=O) groups excluding carboxylic acids is 1. The predicted octanol–water partition coefficient (Wildman–Crippen LogP) is 4.15. The maximum absolute atomic E-state index is 13.1. The number of aromatic nitrogens is 5. The molecule has 5 aromatic rings. The summed E-state index contributed by atoms with van der Waals surface area (Å²) in [7, 11) is 0. The zero-order chi connectivity index (χ0) is 23.1. The Bertz CT molecular complexity index is 1560. The average molecular weight is 459 g/mol. The lowest BCUT2D eigenvalue weighted by Gasteiger charge is -2.10. The molecule has 9 heteroatoms. The Balaban J connectivity index is 1.36. The first-order chi connectivity index (χ1) is 15.9. The average Bonchev–Trinajstić information content (AvgIpc) is 3.39. The van der Waals surface area contributed by atoms with Gasteiger partial charge < -0.3 is 5.32 Å². The van der Waals surface area contributed by atoms with Crippen LogP contribution in [0.3, 0.4) is 0 Å². The number of hydrogen-bond donors (Lipinski definition) is 1. The van der Waals surface area contributed by atoms with Crippen molar-refractivity contribution < 1.29 is 4.79 Å². The van der Waals surface area contributed by atoms with E-state index in [0.29, 0.717) is 22.0 Å². The first kappa shape index (κ1) is 21.0. The molecule has 8 nitrogen and oxygen atoms in total. The van der Waals surface area contributed by atoms with E-state index in [1.807, 2.05) is 56.3 Å². The number of benzene rings is 2. The molecule has 0 aliphatic rings. The minimum atomic E-state index is -0.209. The van der Waals surface area contributed by atoms with Crippen LogP contribution < -0.4 is 10.9 Å². The Kier molecular flexibility index (Phi) is 5.26. The van der Waals surface area contributed by atoms with Crippen molar-refractivity contribution in [3.8, 4) is 5.69 Å². The van der Waals surface area contributed by atoms with E-state index in [1.54, 1.807) is 11.6 Å². The van der Waals surface area contributed by atoms with Crippen molar-refractivity contribution in [1.29, 1.82) is 0 Å². The van der Waals surface area contributed by atoms with Crippen LogP contribution in [0, 0.1) is 20.8 Å². The molecule has 3 heterocycles. The fourth-order valence-electron chi connectivity index (χ4n) is 3.78. The van der Waals surface area contributed by atoms with Gasteiger partial charge in [0, 0.05) is 13.0 Å². The predicted molar refractivity (Wildman–Crippen MR) is 130 cm³/mol. The standard InChI is InChI=1S/C24H22N6O2S/c1-14-7-9-17(10-8-14)30-22-18(13-25-30)23(32)29(16(3)26-22)12-11-20(31)27-24-28-21-15(2)5-4-6-19(21)33-24/h4-10,13H,11-12H2,1-3H3,(H,27,28,31). The molecule has 0 bridgehead atoms. The van der Waals surface area contributed by atoms with Gasteiger partial charge in [0.05, 0.1) is 22.1 Å². The summed E-state index contributed by atoms with van der Waals surface area (Å²) in [6.07, 6.45) is 1.67. The number of hydrogen-bond acceptors (Lipinski definition) is 6. The number of thiazole rings is 1. The first-order valence-corrected chi connectivity index (χ1v) is 11.4. The van der Waals surface area contributed by atoms with Gasteiger partial charge in [-0.1, -0.05) is 41.2 Å². The third-order valence-electron chi connectivity index (χ3n) is 5.59. The molecule has 0 saturated heterocycles. The number of para-hydroxylation sites is 1. The highest BCUT2D eigenvalue weighted by molar-refractivity contribution is 7.22. The quantitative estimate of drug-likeness (QED) is 0.427. The van der Waals surface area contributed by atoms with E-state index >= 15 is 0 Å². The number of fused-ring (bicyclic) bond motifs is 2. The lowest BCUT2D eigenvalue weighted by molar-refractivity contribution is -0.116. The second-order valence-electron chi connectivity index (χ2n) is 7.98. The highest BCUT2D eigenvalue weighted by Crippen LogP contribution is 2.28. The van der Waals surface area contributed by atoms with E-state index in [4.69, 9.17) is 0 Å². The molecule has 0 unspecified atom stereocenters. The normalized spacial score (nSPS) is 11.4. The third kappa shape index (κ3) is 3.91. The number of aryl methyl sites for hydroxylation is 3. The molecular formula is C24H22N6O2S. The monoisotopic (exact) mass is 458 g/mol. The minimum absolute atomic E-state index is 0.134. The molecule has 1 amide bonds. The summed E-state index contributed by atoms with van der Waals surface area (Å²) in [5, 5.41) is 8.20. The molecule has 0 aliphatic carbocycles. The van der Waals surface area contributed by atoms with Crippen molar-refractivity contribution in [2.24, 2.45) is 0 Å². The molecule has 0 fully saturated rings. The number of rotatable bonds is 5. The Hall–Kier alpha value is -3.85. The maximum Gasteiger partial charge on any atom is 0.264 e. The highest BCUT2D eigenvalue weighted by Gasteiger charge is 2.16. The topological polar surface area (TPSA) is 94.7 Å². The van der Waals surface area contributed by atoms with Crippen LogP contribution in [-0.4, -0.2) is 30.2 Å². The fourth-order valence-corrected chi connectivity index (χ4v) is 4.74. The molecule has 166 valence electrons. The van der Waals surface area contributed by atoms with E-state index in [-0.39, 0.29) is 24.4 Å². The maximum atomic E-state index is 13.1. The van der Waals surface area contributed by atoms with Crippen LogP contribution in [0.15, 0.2) is 53.5 Å². The molecular weight excluding hydrogens is 436 g/mol. The van der Waals surface area contributed by atoms with E-state index < -0.39 is 0 Å². The summed E-state index contributed by atoms with van der Waals surface area (Å²) in [5.41, 5.74) is 4.24. The molecule has 0 atom stereocenters. The smallest absolute Gasteiger partial charge is 0.264 e. The number of amides is 1. The molecule has 3 aromatic heterocycles. The molecule has 0 aliphatic heterocycles. The van der Waals surface area contributed by atoms with Gasteiger partial charge in [-0.3, -0.25) is 14.2 Å². The highest BCUT2D eigenvalue weighted by atomic mass is 32.1. The largest absolute Gasteiger partial charge is 0.302 e. The van der Waals surface area contributed by atoms with Crippen molar-refractivity contribution in [2.45, 2.75) is 33.7 Å². The summed E-state index contributed by atoms with van der Waals surface area (Å²) < 4.78 is 4.21. The van der Waals surface area contributed by atoms with Crippen LogP contribution in [0.2, 0.25) is 0 Å². The van der Waals surface area contributed by atoms with Crippen molar-refractivity contribution >= 4 is 43.6 Å². The molecule has 33 heavy (non-hydrogen) atoms. The van der Waals surface area contributed by atoms with E-state index in [2.05, 4.69) is 20.4 Å². The van der Waals surface area contributed by atoms with Gasteiger partial charge >= 0.3 is 0 Å². The second-order valence-corrected chi connectivity index (χ2v) is 9.01. The van der Waals surface area contributed by atoms with Gasteiger partial charge in [-0.25, -0.2) is 14.6 Å². The van der Waals surface area contributed by atoms with E-state index in [9.17, 15) is 9.59 Å². The van der Waals surface area contributed by atoms with Crippen LogP contribution >= 0.6 is 11.3 Å². The number of carbonyl (C=O) groups is 1. The van der Waals surface area contributed by atoms with E-state index in [0.717, 1.165) is 27.0 Å². The molecule has 5 rings (SSSR count). The second kappa shape index (κ2) is 8.25. The number of nitrogens with one attached hydrogen (secondary N) is 1. The molecule has 0 spiro atoms. The first-order valence-electron chi connectivity index (χ1n) is 10.6. The minimum Gasteiger partial charge on any atom is -0.302 e. The lowest BCUT2D eigenvalue weighted by Crippen LogP contribution is -2.26. The zero-order valence-electron chi connectivity index (χ0n) is 18.5. The molecule has 0 saturated carbocycles. The Labute approximate surface area is 193 Å². The Morgan fingerprint density at radius 2 is 1.85 bits per heavy atom. The summed E-state index contributed by atoms with van der Waals surface area (Å²) in [4.78, 5) is 34.8. The van der Waals surface area contributed by atoms with Gasteiger partial charge in [0.25, 0.3) is 5.56 Å². The van der Waals surface area contributed by atoms with Crippen molar-refractivity contribution in [2.75, 3.05) is 5.32 Å². The van der Waals surface area contributed by atoms with Crippen molar-refractivity contribution in [1.82, 2.24) is 24.3 Å². The van der Waals surface area contributed by atoms with Gasteiger partial charge in [-0.15, -0.1) is 0 Å². The van der Waals surface area contributed by atoms with Crippen molar-refractivity contribution in [3.05, 3.63) is 76.0 Å². The SMILES string of the molecule is Cc1ccc(-n2ncc3c(=O)n(CCC(=O)Nc4nc5c(C)cccc5s4)c(C)nc32)cc1. The summed E-state index contributed by atoms with van der Waals surface area (Å²) in [6, 6.07) is 13.8. The number of anilines is 1. The Morgan fingerprint density at radius 3 is 2.61 bits per heavy atom. The van der Waals surface area contributed by atoms with Crippen LogP contribution in [-0.2, 0) is 11.3 Å². The van der Waals surface area contributed by atoms with Gasteiger partial charge in [0.15, 0.2) is 10.8 Å². The van der Waals surface area contributed by atoms with Crippen molar-refractivity contribution in [3.63, 3.8) is 0 Å². The van der Waals surface area contributed by atoms with E-state index in [1.165, 1.54) is 22.1 Å². The van der Waals surface area contributed by atoms with Gasteiger partial charge in [-0.2, -0.15) is 5.10 Å².